The molecule has 0 spiro atoms. The first-order valence-corrected chi connectivity index (χ1v) is 9.79. The summed E-state index contributed by atoms with van der Waals surface area (Å²) in [5.74, 6) is 1.09. The maximum absolute atomic E-state index is 13.1. The molecular weight excluding hydrogens is 338 g/mol. The van der Waals surface area contributed by atoms with E-state index in [1.54, 1.807) is 48.0 Å². The van der Waals surface area contributed by atoms with Crippen molar-refractivity contribution in [2.24, 2.45) is 5.92 Å². The summed E-state index contributed by atoms with van der Waals surface area (Å²) in [6.45, 7) is 6.59. The third kappa shape index (κ3) is 4.69. The maximum atomic E-state index is 13.1. The molecule has 25 heavy (non-hydrogen) atoms. The number of benzene rings is 1. The minimum absolute atomic E-state index is 0.0293. The van der Waals surface area contributed by atoms with Crippen LogP contribution in [0.4, 0.5) is 0 Å². The first-order chi connectivity index (χ1) is 12.0. The number of rotatable bonds is 7. The van der Waals surface area contributed by atoms with Crippen LogP contribution in [0.3, 0.4) is 0 Å². The summed E-state index contributed by atoms with van der Waals surface area (Å²) >= 11 is 1.64. The van der Waals surface area contributed by atoms with Crippen molar-refractivity contribution < 1.29 is 19.1 Å². The molecule has 0 aromatic heterocycles. The highest BCUT2D eigenvalue weighted by molar-refractivity contribution is 8.00. The Bertz CT molecular complexity index is 588. The molecule has 0 unspecified atom stereocenters. The number of hydrogen-bond acceptors (Lipinski definition) is 5. The van der Waals surface area contributed by atoms with Gasteiger partial charge in [-0.05, 0) is 36.6 Å². The third-order valence-electron chi connectivity index (χ3n) is 4.19. The van der Waals surface area contributed by atoms with Gasteiger partial charge in [-0.15, -0.1) is 11.8 Å². The molecule has 2 rings (SSSR count). The van der Waals surface area contributed by atoms with Gasteiger partial charge < -0.3 is 14.4 Å². The van der Waals surface area contributed by atoms with Crippen molar-refractivity contribution in [2.45, 2.75) is 45.0 Å². The van der Waals surface area contributed by atoms with Crippen LogP contribution in [0.1, 0.15) is 44.0 Å². The molecule has 1 fully saturated rings. The lowest BCUT2D eigenvalue weighted by Gasteiger charge is -2.30. The highest BCUT2D eigenvalue weighted by Gasteiger charge is 2.43. The van der Waals surface area contributed by atoms with Crippen molar-refractivity contribution in [3.05, 3.63) is 29.8 Å². The molecular formula is C19H27NO4S. The summed E-state index contributed by atoms with van der Waals surface area (Å²) in [6, 6.07) is 6.47. The molecule has 0 bridgehead atoms. The average Bonchev–Trinajstić information content (AvgIpc) is 3.06. The molecule has 1 amide bonds. The number of nitrogens with zero attached hydrogens (tertiary/aromatic N) is 1. The number of ether oxygens (including phenoxy) is 2. The highest BCUT2D eigenvalue weighted by atomic mass is 32.2. The van der Waals surface area contributed by atoms with Gasteiger partial charge in [0.1, 0.15) is 11.8 Å². The zero-order valence-corrected chi connectivity index (χ0v) is 16.2. The van der Waals surface area contributed by atoms with Crippen LogP contribution in [0.25, 0.3) is 0 Å². The van der Waals surface area contributed by atoms with Gasteiger partial charge >= 0.3 is 5.97 Å². The minimum atomic E-state index is -0.524. The molecule has 1 saturated heterocycles. The molecule has 1 aromatic carbocycles. The number of amides is 1. The third-order valence-corrected chi connectivity index (χ3v) is 5.81. The second kappa shape index (κ2) is 9.13. The van der Waals surface area contributed by atoms with Crippen molar-refractivity contribution in [2.75, 3.05) is 19.5 Å². The Morgan fingerprint density at radius 1 is 1.28 bits per heavy atom. The topological polar surface area (TPSA) is 55.8 Å². The second-order valence-corrected chi connectivity index (χ2v) is 7.60. The van der Waals surface area contributed by atoms with Crippen molar-refractivity contribution in [3.63, 3.8) is 0 Å². The number of methoxy groups -OCH3 is 1. The van der Waals surface area contributed by atoms with Crippen LogP contribution in [-0.2, 0) is 9.53 Å². The van der Waals surface area contributed by atoms with E-state index in [1.807, 2.05) is 6.92 Å². The summed E-state index contributed by atoms with van der Waals surface area (Å²) in [5, 5.41) is -0.0293. The molecule has 0 aliphatic carbocycles. The van der Waals surface area contributed by atoms with Gasteiger partial charge in [-0.2, -0.15) is 0 Å². The predicted molar refractivity (Wildman–Crippen MR) is 99.9 cm³/mol. The number of carbonyl (C=O) groups excluding carboxylic acids is 2. The van der Waals surface area contributed by atoms with E-state index in [1.165, 1.54) is 0 Å². The van der Waals surface area contributed by atoms with Crippen LogP contribution in [0.5, 0.6) is 5.75 Å². The molecule has 1 aliphatic heterocycles. The largest absolute Gasteiger partial charge is 0.497 e. The number of hydrogen-bond donors (Lipinski definition) is 0. The van der Waals surface area contributed by atoms with Crippen LogP contribution in [0.15, 0.2) is 24.3 Å². The van der Waals surface area contributed by atoms with E-state index >= 15 is 0 Å². The number of carbonyl (C=O) groups is 2. The monoisotopic (exact) mass is 365 g/mol. The van der Waals surface area contributed by atoms with E-state index in [-0.39, 0.29) is 23.2 Å². The smallest absolute Gasteiger partial charge is 0.329 e. The zero-order chi connectivity index (χ0) is 18.4. The fourth-order valence-electron chi connectivity index (χ4n) is 2.78. The van der Waals surface area contributed by atoms with Gasteiger partial charge in [-0.25, -0.2) is 4.79 Å². The lowest BCUT2D eigenvalue weighted by Crippen LogP contribution is -2.47. The van der Waals surface area contributed by atoms with E-state index in [9.17, 15) is 9.59 Å². The summed E-state index contributed by atoms with van der Waals surface area (Å²) in [7, 11) is 1.59. The van der Waals surface area contributed by atoms with Crippen LogP contribution >= 0.6 is 11.8 Å². The van der Waals surface area contributed by atoms with Gasteiger partial charge in [0, 0.05) is 11.3 Å². The summed E-state index contributed by atoms with van der Waals surface area (Å²) in [4.78, 5) is 27.3. The molecule has 6 heteroatoms. The molecule has 0 radical (unpaired) electrons. The molecule has 1 aromatic rings. The van der Waals surface area contributed by atoms with Gasteiger partial charge in [-0.3, -0.25) is 4.79 Å². The van der Waals surface area contributed by atoms with Crippen LogP contribution in [0.2, 0.25) is 0 Å². The fourth-order valence-corrected chi connectivity index (χ4v) is 4.24. The van der Waals surface area contributed by atoms with Crippen molar-refractivity contribution in [1.29, 1.82) is 0 Å². The van der Waals surface area contributed by atoms with E-state index in [0.717, 1.165) is 12.8 Å². The zero-order valence-electron chi connectivity index (χ0n) is 15.4. The first-order valence-electron chi connectivity index (χ1n) is 8.74. The van der Waals surface area contributed by atoms with Crippen molar-refractivity contribution in [3.8, 4) is 5.75 Å². The minimum Gasteiger partial charge on any atom is -0.497 e. The summed E-state index contributed by atoms with van der Waals surface area (Å²) in [5.41, 5.74) is 0.556. The SMILES string of the molecule is CCCCOC(=O)[C@@H]1CS[C@H](C(C)C)N1C(=O)c1ccc(OC)cc1. The summed E-state index contributed by atoms with van der Waals surface area (Å²) < 4.78 is 10.5. The molecule has 138 valence electrons. The summed E-state index contributed by atoms with van der Waals surface area (Å²) in [6.07, 6.45) is 1.81. The van der Waals surface area contributed by atoms with Crippen molar-refractivity contribution >= 4 is 23.6 Å². The van der Waals surface area contributed by atoms with Gasteiger partial charge in [0.15, 0.2) is 0 Å². The Labute approximate surface area is 154 Å². The molecule has 2 atom stereocenters. The molecule has 0 saturated carbocycles. The predicted octanol–water partition coefficient (Wildman–Crippen LogP) is 3.58. The van der Waals surface area contributed by atoms with Gasteiger partial charge in [0.2, 0.25) is 0 Å². The molecule has 5 nitrogen and oxygen atoms in total. The Hall–Kier alpha value is -1.69. The van der Waals surface area contributed by atoms with Gasteiger partial charge in [-0.1, -0.05) is 27.2 Å². The Kier molecular flexibility index (Phi) is 7.17. The van der Waals surface area contributed by atoms with Crippen LogP contribution in [0, 0.1) is 5.92 Å². The van der Waals surface area contributed by atoms with Gasteiger partial charge in [0.25, 0.3) is 5.91 Å². The maximum Gasteiger partial charge on any atom is 0.329 e. The van der Waals surface area contributed by atoms with Crippen LogP contribution < -0.4 is 4.74 Å². The Morgan fingerprint density at radius 3 is 2.52 bits per heavy atom. The fraction of sp³-hybridized carbons (Fsp3) is 0.579. The van der Waals surface area contributed by atoms with Crippen molar-refractivity contribution in [1.82, 2.24) is 4.90 Å². The number of thioether (sulfide) groups is 1. The second-order valence-electron chi connectivity index (χ2n) is 6.45. The number of esters is 1. The van der Waals surface area contributed by atoms with E-state index in [4.69, 9.17) is 9.47 Å². The standard InChI is InChI=1S/C19H27NO4S/c1-5-6-11-24-19(22)16-12-25-18(13(2)3)20(16)17(21)14-7-9-15(23-4)10-8-14/h7-10,13,16,18H,5-6,11-12H2,1-4H3/t16-,18+/m0/s1. The quantitative estimate of drug-likeness (QED) is 0.546. The average molecular weight is 365 g/mol. The van der Waals surface area contributed by atoms with E-state index in [0.29, 0.717) is 23.7 Å². The Morgan fingerprint density at radius 2 is 1.96 bits per heavy atom. The Balaban J connectivity index is 2.19. The number of unbranched alkanes of at least 4 members (excludes halogenated alkanes) is 1. The van der Waals surface area contributed by atoms with E-state index in [2.05, 4.69) is 13.8 Å². The highest BCUT2D eigenvalue weighted by Crippen LogP contribution is 2.35. The molecule has 0 N–H and O–H groups in total. The lowest BCUT2D eigenvalue weighted by molar-refractivity contribution is -0.148. The van der Waals surface area contributed by atoms with Gasteiger partial charge in [0.05, 0.1) is 19.1 Å². The van der Waals surface area contributed by atoms with E-state index < -0.39 is 6.04 Å². The molecule has 1 heterocycles. The normalized spacial score (nSPS) is 20.0. The first kappa shape index (κ1) is 19.6. The van der Waals surface area contributed by atoms with Crippen LogP contribution in [-0.4, -0.2) is 47.7 Å². The lowest BCUT2D eigenvalue weighted by atomic mass is 10.1. The molecule has 1 aliphatic rings.